The van der Waals surface area contributed by atoms with Crippen LogP contribution in [0.15, 0.2) is 42.5 Å². The molecule has 1 N–H and O–H groups in total. The van der Waals surface area contributed by atoms with E-state index in [1.54, 1.807) is 0 Å². The lowest BCUT2D eigenvalue weighted by atomic mass is 9.87. The predicted octanol–water partition coefficient (Wildman–Crippen LogP) is 3.26. The first-order valence-electron chi connectivity index (χ1n) is 10.4. The number of carbonyl (C=O) groups excluding carboxylic acids is 1. The van der Waals surface area contributed by atoms with E-state index in [-0.39, 0.29) is 11.8 Å². The minimum Gasteiger partial charge on any atom is -0.368 e. The number of benzene rings is 2. The Morgan fingerprint density at radius 3 is 2.29 bits per heavy atom. The van der Waals surface area contributed by atoms with Crippen LogP contribution in [-0.4, -0.2) is 50.1 Å². The summed E-state index contributed by atoms with van der Waals surface area (Å²) in [5.74, 6) is 0.649. The molecule has 2 aliphatic rings. The fourth-order valence-electron chi connectivity index (χ4n) is 4.56. The average molecular weight is 378 g/mol. The topological polar surface area (TPSA) is 35.6 Å². The second-order valence-corrected chi connectivity index (χ2v) is 8.38. The summed E-state index contributed by atoms with van der Waals surface area (Å²) in [4.78, 5) is 17.8. The number of nitrogens with one attached hydrogen (secondary N) is 1. The number of hydrogen-bond donors (Lipinski definition) is 1. The van der Waals surface area contributed by atoms with Gasteiger partial charge in [0.1, 0.15) is 0 Å². The first kappa shape index (κ1) is 19.0. The highest BCUT2D eigenvalue weighted by Crippen LogP contribution is 2.31. The van der Waals surface area contributed by atoms with E-state index in [4.69, 9.17) is 0 Å². The molecule has 28 heavy (non-hydrogen) atoms. The van der Waals surface area contributed by atoms with E-state index >= 15 is 0 Å². The van der Waals surface area contributed by atoms with Crippen molar-refractivity contribution >= 4 is 11.6 Å². The molecule has 0 aromatic heterocycles. The molecule has 148 valence electrons. The summed E-state index contributed by atoms with van der Waals surface area (Å²) in [7, 11) is 0. The van der Waals surface area contributed by atoms with E-state index in [1.807, 2.05) is 0 Å². The molecule has 0 spiro atoms. The number of rotatable bonds is 3. The summed E-state index contributed by atoms with van der Waals surface area (Å²) < 4.78 is 0. The van der Waals surface area contributed by atoms with Gasteiger partial charge >= 0.3 is 0 Å². The van der Waals surface area contributed by atoms with Crippen LogP contribution >= 0.6 is 0 Å². The van der Waals surface area contributed by atoms with E-state index in [2.05, 4.69) is 78.4 Å². The number of hydrogen-bond acceptors (Lipinski definition) is 3. The van der Waals surface area contributed by atoms with Gasteiger partial charge in [-0.05, 0) is 43.5 Å². The lowest BCUT2D eigenvalue weighted by Gasteiger charge is -2.38. The molecule has 2 aromatic rings. The highest BCUT2D eigenvalue weighted by Gasteiger charge is 2.37. The normalized spacial score (nSPS) is 22.5. The van der Waals surface area contributed by atoms with E-state index in [0.717, 1.165) is 39.3 Å². The Morgan fingerprint density at radius 1 is 0.893 bits per heavy atom. The largest absolute Gasteiger partial charge is 0.368 e. The summed E-state index contributed by atoms with van der Waals surface area (Å²) in [6.45, 7) is 11.5. The maximum Gasteiger partial charge on any atom is 0.227 e. The van der Waals surface area contributed by atoms with Crippen molar-refractivity contribution in [1.29, 1.82) is 0 Å². The molecule has 0 bridgehead atoms. The monoisotopic (exact) mass is 377 g/mol. The molecular formula is C24H31N3O. The van der Waals surface area contributed by atoms with Crippen LogP contribution in [-0.2, 0) is 4.79 Å². The summed E-state index contributed by atoms with van der Waals surface area (Å²) >= 11 is 0. The molecule has 1 amide bonds. The molecule has 0 unspecified atom stereocenters. The van der Waals surface area contributed by atoms with Gasteiger partial charge in [-0.1, -0.05) is 42.0 Å². The minimum absolute atomic E-state index is 0.0509. The first-order chi connectivity index (χ1) is 13.5. The third kappa shape index (κ3) is 3.79. The first-order valence-corrected chi connectivity index (χ1v) is 10.4. The van der Waals surface area contributed by atoms with Crippen LogP contribution in [0.5, 0.6) is 0 Å². The van der Waals surface area contributed by atoms with Gasteiger partial charge in [-0.15, -0.1) is 0 Å². The van der Waals surface area contributed by atoms with E-state index < -0.39 is 0 Å². The molecule has 2 fully saturated rings. The smallest absolute Gasteiger partial charge is 0.227 e. The number of piperazine rings is 1. The lowest BCUT2D eigenvalue weighted by Crippen LogP contribution is -2.51. The van der Waals surface area contributed by atoms with Crippen LogP contribution in [0.2, 0.25) is 0 Å². The molecule has 4 rings (SSSR count). The Bertz CT molecular complexity index is 837. The van der Waals surface area contributed by atoms with Crippen molar-refractivity contribution in [1.82, 2.24) is 10.2 Å². The van der Waals surface area contributed by atoms with Gasteiger partial charge in [-0.2, -0.15) is 0 Å². The molecule has 2 saturated heterocycles. The second kappa shape index (κ2) is 7.96. The van der Waals surface area contributed by atoms with Crippen LogP contribution in [0.1, 0.15) is 28.2 Å². The van der Waals surface area contributed by atoms with Crippen molar-refractivity contribution in [3.05, 3.63) is 64.7 Å². The van der Waals surface area contributed by atoms with Gasteiger partial charge in [-0.3, -0.25) is 4.79 Å². The highest BCUT2D eigenvalue weighted by molar-refractivity contribution is 5.81. The molecule has 2 aliphatic heterocycles. The van der Waals surface area contributed by atoms with Gasteiger partial charge in [0, 0.05) is 50.9 Å². The third-order valence-corrected chi connectivity index (χ3v) is 6.33. The zero-order valence-corrected chi connectivity index (χ0v) is 17.2. The zero-order valence-electron chi connectivity index (χ0n) is 17.2. The zero-order chi connectivity index (χ0) is 19.7. The van der Waals surface area contributed by atoms with E-state index in [0.29, 0.717) is 5.91 Å². The van der Waals surface area contributed by atoms with Gasteiger partial charge in [-0.25, -0.2) is 0 Å². The molecular weight excluding hydrogens is 346 g/mol. The van der Waals surface area contributed by atoms with E-state index in [9.17, 15) is 4.79 Å². The van der Waals surface area contributed by atoms with Crippen LogP contribution in [0.25, 0.3) is 0 Å². The Morgan fingerprint density at radius 2 is 1.57 bits per heavy atom. The SMILES string of the molecule is Cc1ccc([C@@H]2CNC[C@H]2C(=O)N2CCN(c3cc(C)ccc3C)CC2)cc1. The standard InChI is InChI=1S/C24H31N3O/c1-17-5-8-20(9-6-17)21-15-25-16-22(21)24(28)27-12-10-26(11-13-27)23-14-18(2)4-7-19(23)3/h4-9,14,21-22,25H,10-13,15-16H2,1-3H3/t21-,22+/m0/s1. The Balaban J connectivity index is 1.42. The fraction of sp³-hybridized carbons (Fsp3) is 0.458. The number of nitrogens with zero attached hydrogens (tertiary/aromatic N) is 2. The Labute approximate surface area is 168 Å². The third-order valence-electron chi connectivity index (χ3n) is 6.33. The van der Waals surface area contributed by atoms with Crippen LogP contribution in [0, 0.1) is 26.7 Å². The molecule has 2 aromatic carbocycles. The molecule has 2 heterocycles. The highest BCUT2D eigenvalue weighted by atomic mass is 16.2. The van der Waals surface area contributed by atoms with E-state index in [1.165, 1.54) is 27.9 Å². The molecule has 4 nitrogen and oxygen atoms in total. The maximum absolute atomic E-state index is 13.3. The van der Waals surface area contributed by atoms with Gasteiger partial charge in [0.15, 0.2) is 0 Å². The fourth-order valence-corrected chi connectivity index (χ4v) is 4.56. The van der Waals surface area contributed by atoms with Gasteiger partial charge in [0.2, 0.25) is 5.91 Å². The molecule has 0 radical (unpaired) electrons. The summed E-state index contributed by atoms with van der Waals surface area (Å²) in [5, 5.41) is 3.45. The molecule has 0 saturated carbocycles. The van der Waals surface area contributed by atoms with Crippen molar-refractivity contribution in [2.24, 2.45) is 5.92 Å². The average Bonchev–Trinajstić information content (AvgIpc) is 3.20. The summed E-state index contributed by atoms with van der Waals surface area (Å²) in [6, 6.07) is 15.3. The number of aryl methyl sites for hydroxylation is 3. The maximum atomic E-state index is 13.3. The van der Waals surface area contributed by atoms with Crippen molar-refractivity contribution in [2.45, 2.75) is 26.7 Å². The second-order valence-electron chi connectivity index (χ2n) is 8.38. The van der Waals surface area contributed by atoms with Crippen molar-refractivity contribution < 1.29 is 4.79 Å². The van der Waals surface area contributed by atoms with Gasteiger partial charge < -0.3 is 15.1 Å². The quantitative estimate of drug-likeness (QED) is 0.892. The van der Waals surface area contributed by atoms with Crippen LogP contribution in [0.4, 0.5) is 5.69 Å². The Hall–Kier alpha value is -2.33. The van der Waals surface area contributed by atoms with Crippen LogP contribution < -0.4 is 10.2 Å². The van der Waals surface area contributed by atoms with Crippen molar-refractivity contribution in [3.63, 3.8) is 0 Å². The molecule has 4 heteroatoms. The molecule has 0 aliphatic carbocycles. The summed E-state index contributed by atoms with van der Waals surface area (Å²) in [5.41, 5.74) is 6.46. The Kier molecular flexibility index (Phi) is 5.40. The van der Waals surface area contributed by atoms with Gasteiger partial charge in [0.05, 0.1) is 5.92 Å². The number of anilines is 1. The summed E-state index contributed by atoms with van der Waals surface area (Å²) in [6.07, 6.45) is 0. The number of amides is 1. The minimum atomic E-state index is 0.0509. The van der Waals surface area contributed by atoms with Gasteiger partial charge in [0.25, 0.3) is 0 Å². The number of carbonyl (C=O) groups is 1. The molecule has 2 atom stereocenters. The van der Waals surface area contributed by atoms with Crippen LogP contribution in [0.3, 0.4) is 0 Å². The van der Waals surface area contributed by atoms with Crippen molar-refractivity contribution in [3.8, 4) is 0 Å². The lowest BCUT2D eigenvalue weighted by molar-refractivity contribution is -0.135. The predicted molar refractivity (Wildman–Crippen MR) is 115 cm³/mol. The van der Waals surface area contributed by atoms with Crippen molar-refractivity contribution in [2.75, 3.05) is 44.2 Å².